The molecule has 0 bridgehead atoms. The number of aromatic nitrogens is 4. The van der Waals surface area contributed by atoms with E-state index in [1.807, 2.05) is 23.6 Å². The Morgan fingerprint density at radius 1 is 1.32 bits per heavy atom. The predicted octanol–water partition coefficient (Wildman–Crippen LogP) is 4.23. The molecule has 5 nitrogen and oxygen atoms in total. The molecule has 25 heavy (non-hydrogen) atoms. The van der Waals surface area contributed by atoms with Gasteiger partial charge in [-0.25, -0.2) is 9.50 Å². The molecule has 1 fully saturated rings. The number of hydrogen-bond acceptors (Lipinski definition) is 4. The van der Waals surface area contributed by atoms with E-state index in [2.05, 4.69) is 48.0 Å². The highest BCUT2D eigenvalue weighted by Crippen LogP contribution is 2.29. The summed E-state index contributed by atoms with van der Waals surface area (Å²) >= 11 is 9.69. The van der Waals surface area contributed by atoms with Gasteiger partial charge in [-0.15, -0.1) is 0 Å². The second kappa shape index (κ2) is 7.02. The SMILES string of the molecule is Cc1cc(C2CCCN(Cc3ccc(Br)c(Cl)c3)C2)n2ncnc2n1. The number of benzene rings is 1. The monoisotopic (exact) mass is 419 g/mol. The van der Waals surface area contributed by atoms with Crippen molar-refractivity contribution in [3.63, 3.8) is 0 Å². The molecule has 0 aliphatic carbocycles. The van der Waals surface area contributed by atoms with Crippen LogP contribution in [0.25, 0.3) is 5.78 Å². The van der Waals surface area contributed by atoms with Gasteiger partial charge in [0, 0.05) is 29.2 Å². The Kier molecular flexibility index (Phi) is 4.75. The second-order valence-corrected chi connectivity index (χ2v) is 7.88. The Morgan fingerprint density at radius 2 is 2.20 bits per heavy atom. The minimum atomic E-state index is 0.436. The molecule has 3 heterocycles. The van der Waals surface area contributed by atoms with Gasteiger partial charge in [-0.3, -0.25) is 4.90 Å². The van der Waals surface area contributed by atoms with E-state index in [4.69, 9.17) is 11.6 Å². The molecule has 0 amide bonds. The maximum Gasteiger partial charge on any atom is 0.252 e. The number of halogens is 2. The van der Waals surface area contributed by atoms with E-state index in [-0.39, 0.29) is 0 Å². The number of likely N-dealkylation sites (tertiary alicyclic amines) is 1. The lowest BCUT2D eigenvalue weighted by Crippen LogP contribution is -2.34. The number of rotatable bonds is 3. The molecule has 3 aromatic rings. The first kappa shape index (κ1) is 16.9. The molecule has 0 saturated carbocycles. The van der Waals surface area contributed by atoms with Crippen molar-refractivity contribution < 1.29 is 0 Å². The van der Waals surface area contributed by atoms with Crippen LogP contribution in [0.1, 0.15) is 35.7 Å². The van der Waals surface area contributed by atoms with Gasteiger partial charge in [-0.05, 0) is 66.0 Å². The third-order valence-electron chi connectivity index (χ3n) is 4.72. The summed E-state index contributed by atoms with van der Waals surface area (Å²) < 4.78 is 2.83. The van der Waals surface area contributed by atoms with Crippen molar-refractivity contribution in [1.82, 2.24) is 24.5 Å². The van der Waals surface area contributed by atoms with E-state index in [9.17, 15) is 0 Å². The highest BCUT2D eigenvalue weighted by atomic mass is 79.9. The Labute approximate surface area is 160 Å². The van der Waals surface area contributed by atoms with E-state index >= 15 is 0 Å². The molecule has 2 aromatic heterocycles. The average molecular weight is 421 g/mol. The van der Waals surface area contributed by atoms with Crippen LogP contribution in [0.3, 0.4) is 0 Å². The van der Waals surface area contributed by atoms with Crippen LogP contribution in [-0.2, 0) is 6.54 Å². The number of aryl methyl sites for hydroxylation is 1. The quantitative estimate of drug-likeness (QED) is 0.636. The van der Waals surface area contributed by atoms with Gasteiger partial charge in [0.05, 0.1) is 10.7 Å². The van der Waals surface area contributed by atoms with E-state index < -0.39 is 0 Å². The number of nitrogens with zero attached hydrogens (tertiary/aromatic N) is 5. The maximum absolute atomic E-state index is 6.24. The largest absolute Gasteiger partial charge is 0.298 e. The van der Waals surface area contributed by atoms with Gasteiger partial charge in [0.2, 0.25) is 0 Å². The summed E-state index contributed by atoms with van der Waals surface area (Å²) in [7, 11) is 0. The van der Waals surface area contributed by atoms with Crippen molar-refractivity contribution in [1.29, 1.82) is 0 Å². The van der Waals surface area contributed by atoms with E-state index in [0.717, 1.165) is 41.2 Å². The highest BCUT2D eigenvalue weighted by Gasteiger charge is 2.24. The normalized spacial score (nSPS) is 18.8. The van der Waals surface area contributed by atoms with E-state index in [1.54, 1.807) is 6.33 Å². The molecule has 0 spiro atoms. The molecule has 130 valence electrons. The second-order valence-electron chi connectivity index (χ2n) is 6.62. The molecule has 1 aromatic carbocycles. The fourth-order valence-electron chi connectivity index (χ4n) is 3.59. The topological polar surface area (TPSA) is 46.3 Å². The number of piperidine rings is 1. The summed E-state index contributed by atoms with van der Waals surface area (Å²) in [4.78, 5) is 11.2. The summed E-state index contributed by atoms with van der Waals surface area (Å²) in [6, 6.07) is 8.34. The van der Waals surface area contributed by atoms with Gasteiger partial charge in [0.25, 0.3) is 5.78 Å². The van der Waals surface area contributed by atoms with Crippen LogP contribution < -0.4 is 0 Å². The molecule has 1 aliphatic rings. The first-order chi connectivity index (χ1) is 12.1. The summed E-state index contributed by atoms with van der Waals surface area (Å²) in [5, 5.41) is 5.13. The third kappa shape index (κ3) is 3.57. The standard InChI is InChI=1S/C18H19BrClN5/c1-12-7-17(25-18(23-12)21-11-22-25)14-3-2-6-24(10-14)9-13-4-5-15(19)16(20)8-13/h4-5,7-8,11,14H,2-3,6,9-10H2,1H3. The lowest BCUT2D eigenvalue weighted by atomic mass is 9.93. The first-order valence-corrected chi connectivity index (χ1v) is 9.61. The van der Waals surface area contributed by atoms with Crippen molar-refractivity contribution in [2.75, 3.05) is 13.1 Å². The Hall–Kier alpha value is -1.50. The van der Waals surface area contributed by atoms with Crippen LogP contribution in [0.5, 0.6) is 0 Å². The molecule has 1 aliphatic heterocycles. The molecule has 0 radical (unpaired) electrons. The molecular weight excluding hydrogens is 402 g/mol. The zero-order valence-electron chi connectivity index (χ0n) is 14.0. The van der Waals surface area contributed by atoms with Gasteiger partial charge < -0.3 is 0 Å². The van der Waals surface area contributed by atoms with Crippen molar-refractivity contribution in [2.45, 2.75) is 32.2 Å². The summed E-state index contributed by atoms with van der Waals surface area (Å²) in [6.07, 6.45) is 3.91. The highest BCUT2D eigenvalue weighted by molar-refractivity contribution is 9.10. The van der Waals surface area contributed by atoms with Crippen LogP contribution >= 0.6 is 27.5 Å². The molecule has 7 heteroatoms. The molecule has 4 rings (SSSR count). The van der Waals surface area contributed by atoms with Crippen molar-refractivity contribution in [3.05, 3.63) is 57.0 Å². The van der Waals surface area contributed by atoms with Crippen LogP contribution in [-0.4, -0.2) is 37.6 Å². The van der Waals surface area contributed by atoms with Crippen molar-refractivity contribution in [2.24, 2.45) is 0 Å². The van der Waals surface area contributed by atoms with E-state index in [0.29, 0.717) is 11.7 Å². The first-order valence-electron chi connectivity index (χ1n) is 8.44. The van der Waals surface area contributed by atoms with Gasteiger partial charge in [0.15, 0.2) is 0 Å². The lowest BCUT2D eigenvalue weighted by Gasteiger charge is -2.33. The van der Waals surface area contributed by atoms with Gasteiger partial charge in [0.1, 0.15) is 6.33 Å². The van der Waals surface area contributed by atoms with Gasteiger partial charge in [-0.1, -0.05) is 17.7 Å². The van der Waals surface area contributed by atoms with E-state index in [1.165, 1.54) is 17.7 Å². The predicted molar refractivity (Wildman–Crippen MR) is 102 cm³/mol. The van der Waals surface area contributed by atoms with Crippen LogP contribution in [0.15, 0.2) is 35.1 Å². The van der Waals surface area contributed by atoms with Crippen molar-refractivity contribution >= 4 is 33.3 Å². The minimum Gasteiger partial charge on any atom is -0.298 e. The number of fused-ring (bicyclic) bond motifs is 1. The van der Waals surface area contributed by atoms with Gasteiger partial charge >= 0.3 is 0 Å². The Bertz CT molecular complexity index is 910. The zero-order chi connectivity index (χ0) is 17.4. The molecule has 1 unspecified atom stereocenters. The Morgan fingerprint density at radius 3 is 3.04 bits per heavy atom. The van der Waals surface area contributed by atoms with Crippen LogP contribution in [0.2, 0.25) is 5.02 Å². The summed E-state index contributed by atoms with van der Waals surface area (Å²) in [5.74, 6) is 1.12. The molecule has 1 atom stereocenters. The summed E-state index contributed by atoms with van der Waals surface area (Å²) in [6.45, 7) is 5.04. The van der Waals surface area contributed by atoms with Crippen LogP contribution in [0.4, 0.5) is 0 Å². The lowest BCUT2D eigenvalue weighted by molar-refractivity contribution is 0.197. The van der Waals surface area contributed by atoms with Gasteiger partial charge in [-0.2, -0.15) is 10.1 Å². The fourth-order valence-corrected chi connectivity index (χ4v) is 4.04. The van der Waals surface area contributed by atoms with Crippen molar-refractivity contribution in [3.8, 4) is 0 Å². The fraction of sp³-hybridized carbons (Fsp3) is 0.389. The Balaban J connectivity index is 1.56. The third-order valence-corrected chi connectivity index (χ3v) is 5.95. The number of hydrogen-bond donors (Lipinski definition) is 0. The molecule has 0 N–H and O–H groups in total. The average Bonchev–Trinajstić information content (AvgIpc) is 3.06. The molecular formula is C18H19BrClN5. The zero-order valence-corrected chi connectivity index (χ0v) is 16.3. The van der Waals surface area contributed by atoms with Crippen LogP contribution in [0, 0.1) is 6.92 Å². The maximum atomic E-state index is 6.24. The summed E-state index contributed by atoms with van der Waals surface area (Å²) in [5.41, 5.74) is 3.44. The smallest absolute Gasteiger partial charge is 0.252 e. The molecule has 1 saturated heterocycles. The minimum absolute atomic E-state index is 0.436.